The van der Waals surface area contributed by atoms with E-state index in [1.165, 1.54) is 33.9 Å². The third-order valence-corrected chi connectivity index (χ3v) is 6.47. The van der Waals surface area contributed by atoms with E-state index in [0.29, 0.717) is 10.9 Å². The number of aromatic nitrogens is 2. The number of H-pyrrole nitrogens is 1. The molecule has 1 fully saturated rings. The first kappa shape index (κ1) is 21.3. The Bertz CT molecular complexity index is 1020. The highest BCUT2D eigenvalue weighted by Gasteiger charge is 2.31. The maximum Gasteiger partial charge on any atom is 0.251 e. The van der Waals surface area contributed by atoms with Crippen molar-refractivity contribution >= 4 is 17.7 Å². The summed E-state index contributed by atoms with van der Waals surface area (Å²) in [6, 6.07) is 22.9. The highest BCUT2D eigenvalue weighted by atomic mass is 32.2. The average molecular weight is 436 g/mol. The summed E-state index contributed by atoms with van der Waals surface area (Å²) in [6.45, 7) is 5.01. The fraction of sp³-hybridized carbons (Fsp3) is 0.292. The van der Waals surface area contributed by atoms with Crippen LogP contribution in [0.4, 0.5) is 0 Å². The summed E-state index contributed by atoms with van der Waals surface area (Å²) in [5.74, 6) is 0.367. The molecule has 7 heteroatoms. The zero-order chi connectivity index (χ0) is 21.6. The van der Waals surface area contributed by atoms with Gasteiger partial charge in [-0.25, -0.2) is 4.98 Å². The van der Waals surface area contributed by atoms with Crippen molar-refractivity contribution in [3.05, 3.63) is 93.9 Å². The summed E-state index contributed by atoms with van der Waals surface area (Å²) >= 11 is 1.29. The van der Waals surface area contributed by atoms with Crippen LogP contribution < -0.4 is 10.5 Å². The Morgan fingerprint density at radius 1 is 1.06 bits per heavy atom. The normalized spacial score (nSPS) is 14.7. The molecular weight excluding hydrogens is 408 g/mol. The maximum absolute atomic E-state index is 12.7. The van der Waals surface area contributed by atoms with E-state index in [0.717, 1.165) is 26.2 Å². The van der Waals surface area contributed by atoms with E-state index in [1.54, 1.807) is 6.92 Å². The van der Waals surface area contributed by atoms with Crippen LogP contribution in [-0.2, 0) is 4.79 Å². The van der Waals surface area contributed by atoms with Gasteiger partial charge in [-0.05, 0) is 6.92 Å². The van der Waals surface area contributed by atoms with Crippen LogP contribution in [0, 0.1) is 6.92 Å². The van der Waals surface area contributed by atoms with Gasteiger partial charge in [0.15, 0.2) is 5.16 Å². The van der Waals surface area contributed by atoms with Crippen LogP contribution in [0.3, 0.4) is 0 Å². The minimum atomic E-state index is -0.187. The Balaban J connectivity index is 1.39. The number of carbonyl (C=O) groups excluding carboxylic acids is 1. The monoisotopic (exact) mass is 435 g/mol. The molecule has 0 atom stereocenters. The van der Waals surface area contributed by atoms with Crippen molar-refractivity contribution < 1.29 is 9.69 Å². The molecule has 2 heterocycles. The maximum atomic E-state index is 12.7. The quantitative estimate of drug-likeness (QED) is 0.457. The minimum Gasteiger partial charge on any atom is -0.331 e. The molecule has 0 saturated carbocycles. The lowest BCUT2D eigenvalue weighted by Crippen LogP contribution is -3.15. The second kappa shape index (κ2) is 9.94. The van der Waals surface area contributed by atoms with Gasteiger partial charge in [0.1, 0.15) is 6.04 Å². The fourth-order valence-corrected chi connectivity index (χ4v) is 4.95. The van der Waals surface area contributed by atoms with Crippen LogP contribution in [0.1, 0.15) is 22.9 Å². The van der Waals surface area contributed by atoms with Crippen LogP contribution in [0.25, 0.3) is 0 Å². The molecule has 2 aromatic carbocycles. The minimum absolute atomic E-state index is 0.0872. The molecule has 6 nitrogen and oxygen atoms in total. The number of carbonyl (C=O) groups is 1. The Kier molecular flexibility index (Phi) is 6.84. The molecule has 0 bridgehead atoms. The summed E-state index contributed by atoms with van der Waals surface area (Å²) in [5, 5.41) is 0.496. The predicted molar refractivity (Wildman–Crippen MR) is 122 cm³/mol. The number of nitrogens with one attached hydrogen (secondary N) is 2. The van der Waals surface area contributed by atoms with Crippen molar-refractivity contribution in [3.8, 4) is 0 Å². The van der Waals surface area contributed by atoms with Gasteiger partial charge >= 0.3 is 0 Å². The number of thioether (sulfide) groups is 1. The molecule has 2 N–H and O–H groups in total. The second-order valence-corrected chi connectivity index (χ2v) is 8.74. The number of piperazine rings is 1. The Morgan fingerprint density at radius 2 is 1.65 bits per heavy atom. The number of aryl methyl sites for hydroxylation is 1. The lowest BCUT2D eigenvalue weighted by molar-refractivity contribution is -0.929. The third kappa shape index (κ3) is 5.42. The SMILES string of the molecule is Cc1cc(=O)[nH]c(SCC(=O)N2CC[NH+](C(c3ccccc3)c3ccccc3)CC2)n1. The van der Waals surface area contributed by atoms with Crippen LogP contribution >= 0.6 is 11.8 Å². The van der Waals surface area contributed by atoms with E-state index in [2.05, 4.69) is 58.5 Å². The molecule has 0 unspecified atom stereocenters. The van der Waals surface area contributed by atoms with E-state index in [4.69, 9.17) is 0 Å². The molecule has 1 aliphatic rings. The standard InChI is InChI=1S/C24H26N4O2S/c1-18-16-21(29)26-24(25-18)31-17-22(30)27-12-14-28(15-13-27)23(19-8-4-2-5-9-19)20-10-6-3-7-11-20/h2-11,16,23H,12-15,17H2,1H3,(H,25,26,29)/p+1. The lowest BCUT2D eigenvalue weighted by atomic mass is 9.96. The van der Waals surface area contributed by atoms with Gasteiger partial charge in [-0.2, -0.15) is 0 Å². The molecule has 3 aromatic rings. The first-order chi connectivity index (χ1) is 15.1. The number of hydrogen-bond donors (Lipinski definition) is 2. The zero-order valence-electron chi connectivity index (χ0n) is 17.6. The average Bonchev–Trinajstić information content (AvgIpc) is 2.79. The van der Waals surface area contributed by atoms with Gasteiger partial charge < -0.3 is 14.8 Å². The summed E-state index contributed by atoms with van der Waals surface area (Å²) in [5.41, 5.74) is 3.07. The van der Waals surface area contributed by atoms with E-state index in [-0.39, 0.29) is 23.3 Å². The van der Waals surface area contributed by atoms with Gasteiger partial charge in [-0.3, -0.25) is 9.59 Å². The molecule has 31 heavy (non-hydrogen) atoms. The van der Waals surface area contributed by atoms with Crippen molar-refractivity contribution in [3.63, 3.8) is 0 Å². The number of amides is 1. The Morgan fingerprint density at radius 3 is 2.19 bits per heavy atom. The molecule has 1 aromatic heterocycles. The largest absolute Gasteiger partial charge is 0.331 e. The van der Waals surface area contributed by atoms with Gasteiger partial charge in [-0.15, -0.1) is 0 Å². The molecule has 1 amide bonds. The van der Waals surface area contributed by atoms with Crippen molar-refractivity contribution in [2.75, 3.05) is 31.9 Å². The third-order valence-electron chi connectivity index (χ3n) is 5.61. The van der Waals surface area contributed by atoms with Gasteiger partial charge in [0.05, 0.1) is 31.9 Å². The van der Waals surface area contributed by atoms with Crippen LogP contribution in [-0.4, -0.2) is 52.7 Å². The topological polar surface area (TPSA) is 70.5 Å². The second-order valence-electron chi connectivity index (χ2n) is 7.77. The van der Waals surface area contributed by atoms with Gasteiger partial charge in [0.2, 0.25) is 5.91 Å². The molecule has 4 rings (SSSR count). The summed E-state index contributed by atoms with van der Waals surface area (Å²) in [4.78, 5) is 34.7. The number of quaternary nitrogens is 1. The number of aromatic amines is 1. The molecule has 1 aliphatic heterocycles. The summed E-state index contributed by atoms with van der Waals surface area (Å²) in [6.07, 6.45) is 0. The van der Waals surface area contributed by atoms with E-state index >= 15 is 0 Å². The summed E-state index contributed by atoms with van der Waals surface area (Å²) in [7, 11) is 0. The molecule has 0 spiro atoms. The highest BCUT2D eigenvalue weighted by Crippen LogP contribution is 2.19. The van der Waals surface area contributed by atoms with Gasteiger partial charge in [-0.1, -0.05) is 72.4 Å². The van der Waals surface area contributed by atoms with Gasteiger partial charge in [0, 0.05) is 22.9 Å². The van der Waals surface area contributed by atoms with Crippen LogP contribution in [0.15, 0.2) is 76.7 Å². The predicted octanol–water partition coefficient (Wildman–Crippen LogP) is 1.69. The first-order valence-electron chi connectivity index (χ1n) is 10.5. The Labute approximate surface area is 186 Å². The molecule has 0 radical (unpaired) electrons. The van der Waals surface area contributed by atoms with Crippen LogP contribution in [0.2, 0.25) is 0 Å². The van der Waals surface area contributed by atoms with Crippen molar-refractivity contribution in [2.45, 2.75) is 18.1 Å². The van der Waals surface area contributed by atoms with E-state index in [9.17, 15) is 9.59 Å². The molecule has 1 saturated heterocycles. The smallest absolute Gasteiger partial charge is 0.251 e. The Hall–Kier alpha value is -2.90. The first-order valence-corrected chi connectivity index (χ1v) is 11.5. The highest BCUT2D eigenvalue weighted by molar-refractivity contribution is 7.99. The van der Waals surface area contributed by atoms with E-state index in [1.807, 2.05) is 17.0 Å². The van der Waals surface area contributed by atoms with E-state index < -0.39 is 0 Å². The van der Waals surface area contributed by atoms with Gasteiger partial charge in [0.25, 0.3) is 5.56 Å². The summed E-state index contributed by atoms with van der Waals surface area (Å²) < 4.78 is 0. The zero-order valence-corrected chi connectivity index (χ0v) is 18.4. The number of hydrogen-bond acceptors (Lipinski definition) is 4. The lowest BCUT2D eigenvalue weighted by Gasteiger charge is -2.37. The molecular formula is C24H27N4O2S+. The van der Waals surface area contributed by atoms with Crippen molar-refractivity contribution in [1.29, 1.82) is 0 Å². The van der Waals surface area contributed by atoms with Crippen molar-refractivity contribution in [1.82, 2.24) is 14.9 Å². The van der Waals surface area contributed by atoms with Crippen LogP contribution in [0.5, 0.6) is 0 Å². The number of nitrogens with zero attached hydrogens (tertiary/aromatic N) is 2. The van der Waals surface area contributed by atoms with Crippen molar-refractivity contribution in [2.24, 2.45) is 0 Å². The fourth-order valence-electron chi connectivity index (χ4n) is 4.13. The number of benzene rings is 2. The number of rotatable bonds is 6. The molecule has 0 aliphatic carbocycles. The molecule has 160 valence electrons.